The van der Waals surface area contributed by atoms with Gasteiger partial charge in [0.2, 0.25) is 0 Å². The molecule has 6 aromatic carbocycles. The summed E-state index contributed by atoms with van der Waals surface area (Å²) in [6.45, 7) is 0. The molecule has 0 saturated carbocycles. The maximum absolute atomic E-state index is 13.6. The molecule has 0 saturated heterocycles. The maximum atomic E-state index is 13.6. The largest absolute Gasteiger partial charge is 0.289 e. The molecule has 28 heavy (non-hydrogen) atoms. The number of ketones is 1. The van der Waals surface area contributed by atoms with Crippen LogP contribution in [-0.2, 0) is 0 Å². The van der Waals surface area contributed by atoms with Crippen molar-refractivity contribution in [3.63, 3.8) is 0 Å². The minimum absolute atomic E-state index is 0.0785. The second kappa shape index (κ2) is 5.64. The normalized spacial score (nSPS) is 11.7. The van der Waals surface area contributed by atoms with Crippen molar-refractivity contribution in [1.29, 1.82) is 0 Å². The molecule has 0 spiro atoms. The lowest BCUT2D eigenvalue weighted by molar-refractivity contribution is 0.104. The zero-order chi connectivity index (χ0) is 18.7. The Labute approximate surface area is 162 Å². The number of carbonyl (C=O) groups excluding carboxylic acids is 1. The summed E-state index contributed by atoms with van der Waals surface area (Å²) < 4.78 is 0. The quantitative estimate of drug-likeness (QED) is 0.242. The highest BCUT2D eigenvalue weighted by molar-refractivity contribution is 6.29. The fraction of sp³-hybridized carbons (Fsp3) is 0. The molecule has 0 aliphatic carbocycles. The van der Waals surface area contributed by atoms with E-state index >= 15 is 0 Å². The average Bonchev–Trinajstić information content (AvgIpc) is 2.76. The zero-order valence-electron chi connectivity index (χ0n) is 15.1. The van der Waals surface area contributed by atoms with E-state index in [1.54, 1.807) is 0 Å². The van der Waals surface area contributed by atoms with Crippen molar-refractivity contribution >= 4 is 48.9 Å². The first-order valence-corrected chi connectivity index (χ1v) is 9.50. The molecule has 0 heterocycles. The van der Waals surface area contributed by atoms with E-state index in [1.807, 2.05) is 36.4 Å². The van der Waals surface area contributed by atoms with E-state index in [4.69, 9.17) is 0 Å². The van der Waals surface area contributed by atoms with Crippen LogP contribution in [0.15, 0.2) is 97.1 Å². The summed E-state index contributed by atoms with van der Waals surface area (Å²) in [7, 11) is 0. The SMILES string of the molecule is O=C(c1cccc2ccccc12)c1ccc2ccc3cccc4ccc1c2c34. The zero-order valence-corrected chi connectivity index (χ0v) is 15.1. The van der Waals surface area contributed by atoms with Crippen LogP contribution in [0.4, 0.5) is 0 Å². The van der Waals surface area contributed by atoms with Gasteiger partial charge in [-0.05, 0) is 49.2 Å². The Hall–Kier alpha value is -3.71. The molecule has 0 atom stereocenters. The van der Waals surface area contributed by atoms with Crippen molar-refractivity contribution in [2.24, 2.45) is 0 Å². The minimum atomic E-state index is 0.0785. The summed E-state index contributed by atoms with van der Waals surface area (Å²) >= 11 is 0. The van der Waals surface area contributed by atoms with Crippen molar-refractivity contribution in [3.05, 3.63) is 108 Å². The Balaban J connectivity index is 1.69. The standard InChI is InChI=1S/C27H16O/c28-27(23-10-4-6-17-5-1-2-9-21(17)23)24-16-14-20-12-11-18-7-3-8-19-13-15-22(24)26(20)25(18)19/h1-16H. The Morgan fingerprint density at radius 2 is 1.00 bits per heavy atom. The van der Waals surface area contributed by atoms with E-state index in [0.29, 0.717) is 0 Å². The average molecular weight is 356 g/mol. The van der Waals surface area contributed by atoms with Crippen LogP contribution < -0.4 is 0 Å². The molecule has 0 fully saturated rings. The molecule has 6 rings (SSSR count). The number of hydrogen-bond acceptors (Lipinski definition) is 1. The fourth-order valence-electron chi connectivity index (χ4n) is 4.50. The van der Waals surface area contributed by atoms with Crippen molar-refractivity contribution in [1.82, 2.24) is 0 Å². The summed E-state index contributed by atoms with van der Waals surface area (Å²) in [5.74, 6) is 0.0785. The Bertz CT molecular complexity index is 1500. The van der Waals surface area contributed by atoms with Crippen molar-refractivity contribution in [3.8, 4) is 0 Å². The second-order valence-corrected chi connectivity index (χ2v) is 7.32. The van der Waals surface area contributed by atoms with Crippen LogP contribution in [0.3, 0.4) is 0 Å². The highest BCUT2D eigenvalue weighted by atomic mass is 16.1. The minimum Gasteiger partial charge on any atom is -0.289 e. The van der Waals surface area contributed by atoms with Crippen LogP contribution in [0.25, 0.3) is 43.1 Å². The first kappa shape index (κ1) is 15.4. The third-order valence-electron chi connectivity index (χ3n) is 5.81. The summed E-state index contributed by atoms with van der Waals surface area (Å²) in [5, 5.41) is 9.14. The lowest BCUT2D eigenvalue weighted by atomic mass is 9.89. The van der Waals surface area contributed by atoms with E-state index in [0.717, 1.165) is 27.3 Å². The van der Waals surface area contributed by atoms with Crippen LogP contribution in [0, 0.1) is 0 Å². The predicted molar refractivity (Wildman–Crippen MR) is 118 cm³/mol. The second-order valence-electron chi connectivity index (χ2n) is 7.32. The first-order valence-electron chi connectivity index (χ1n) is 9.50. The van der Waals surface area contributed by atoms with Gasteiger partial charge in [-0.25, -0.2) is 0 Å². The highest BCUT2D eigenvalue weighted by Gasteiger charge is 2.17. The molecule has 0 N–H and O–H groups in total. The lowest BCUT2D eigenvalue weighted by Crippen LogP contribution is -2.03. The lowest BCUT2D eigenvalue weighted by Gasteiger charge is -2.14. The van der Waals surface area contributed by atoms with Gasteiger partial charge in [-0.1, -0.05) is 91.0 Å². The van der Waals surface area contributed by atoms with Crippen LogP contribution in [0.5, 0.6) is 0 Å². The molecule has 1 nitrogen and oxygen atoms in total. The topological polar surface area (TPSA) is 17.1 Å². The summed E-state index contributed by atoms with van der Waals surface area (Å²) in [4.78, 5) is 13.6. The van der Waals surface area contributed by atoms with E-state index in [2.05, 4.69) is 60.7 Å². The number of carbonyl (C=O) groups is 1. The van der Waals surface area contributed by atoms with E-state index in [9.17, 15) is 4.79 Å². The Kier molecular flexibility index (Phi) is 3.09. The summed E-state index contributed by atoms with van der Waals surface area (Å²) in [5.41, 5.74) is 1.52. The number of rotatable bonds is 2. The van der Waals surface area contributed by atoms with Crippen LogP contribution in [0.1, 0.15) is 15.9 Å². The smallest absolute Gasteiger partial charge is 0.194 e. The molecule has 6 aromatic rings. The van der Waals surface area contributed by atoms with Crippen molar-refractivity contribution < 1.29 is 4.79 Å². The van der Waals surface area contributed by atoms with Crippen molar-refractivity contribution in [2.45, 2.75) is 0 Å². The molecule has 0 radical (unpaired) electrons. The highest BCUT2D eigenvalue weighted by Crippen LogP contribution is 2.36. The van der Waals surface area contributed by atoms with Crippen LogP contribution in [0.2, 0.25) is 0 Å². The van der Waals surface area contributed by atoms with Gasteiger partial charge in [0.25, 0.3) is 0 Å². The van der Waals surface area contributed by atoms with E-state index in [1.165, 1.54) is 26.9 Å². The molecule has 0 bridgehead atoms. The summed E-state index contributed by atoms with van der Waals surface area (Å²) in [6, 6.07) is 33.0. The molecule has 1 heteroatoms. The molecular weight excluding hydrogens is 340 g/mol. The van der Waals surface area contributed by atoms with Gasteiger partial charge in [0.05, 0.1) is 0 Å². The first-order chi connectivity index (χ1) is 13.8. The molecule has 0 aromatic heterocycles. The maximum Gasteiger partial charge on any atom is 0.194 e. The van der Waals surface area contributed by atoms with Gasteiger partial charge in [0.15, 0.2) is 5.78 Å². The molecule has 0 unspecified atom stereocenters. The van der Waals surface area contributed by atoms with Gasteiger partial charge in [0, 0.05) is 11.1 Å². The molecular formula is C27H16O. The van der Waals surface area contributed by atoms with Gasteiger partial charge in [-0.15, -0.1) is 0 Å². The molecule has 0 amide bonds. The Morgan fingerprint density at radius 3 is 1.86 bits per heavy atom. The molecule has 0 aliphatic rings. The monoisotopic (exact) mass is 356 g/mol. The van der Waals surface area contributed by atoms with Gasteiger partial charge in [-0.2, -0.15) is 0 Å². The summed E-state index contributed by atoms with van der Waals surface area (Å²) in [6.07, 6.45) is 0. The predicted octanol–water partition coefficient (Wildman–Crippen LogP) is 6.97. The third-order valence-corrected chi connectivity index (χ3v) is 5.81. The van der Waals surface area contributed by atoms with Crippen LogP contribution in [-0.4, -0.2) is 5.78 Å². The number of hydrogen-bond donors (Lipinski definition) is 0. The van der Waals surface area contributed by atoms with E-state index < -0.39 is 0 Å². The van der Waals surface area contributed by atoms with E-state index in [-0.39, 0.29) is 5.78 Å². The van der Waals surface area contributed by atoms with Gasteiger partial charge < -0.3 is 0 Å². The van der Waals surface area contributed by atoms with Gasteiger partial charge >= 0.3 is 0 Å². The number of fused-ring (bicyclic) bond motifs is 1. The molecule has 0 aliphatic heterocycles. The fourth-order valence-corrected chi connectivity index (χ4v) is 4.50. The number of benzene rings is 6. The van der Waals surface area contributed by atoms with Crippen molar-refractivity contribution in [2.75, 3.05) is 0 Å². The Morgan fingerprint density at radius 1 is 0.429 bits per heavy atom. The molecule has 130 valence electrons. The van der Waals surface area contributed by atoms with Crippen LogP contribution >= 0.6 is 0 Å². The third kappa shape index (κ3) is 2.04. The van der Waals surface area contributed by atoms with Gasteiger partial charge in [0.1, 0.15) is 0 Å². The van der Waals surface area contributed by atoms with Gasteiger partial charge in [-0.3, -0.25) is 4.79 Å².